The summed E-state index contributed by atoms with van der Waals surface area (Å²) in [5.74, 6) is 0.799. The highest BCUT2D eigenvalue weighted by Gasteiger charge is 2.35. The van der Waals surface area contributed by atoms with Gasteiger partial charge in [-0.3, -0.25) is 9.88 Å². The van der Waals surface area contributed by atoms with E-state index in [1.807, 2.05) is 43.5 Å². The molecule has 1 aromatic carbocycles. The lowest BCUT2D eigenvalue weighted by Gasteiger charge is -2.37. The summed E-state index contributed by atoms with van der Waals surface area (Å²) in [5, 5.41) is 12.1. The molecule has 0 aliphatic carbocycles. The van der Waals surface area contributed by atoms with E-state index in [-0.39, 0.29) is 0 Å². The van der Waals surface area contributed by atoms with E-state index in [2.05, 4.69) is 22.0 Å². The molecule has 27 heavy (non-hydrogen) atoms. The normalized spacial score (nSPS) is 17.1. The number of benzene rings is 1. The minimum absolute atomic E-state index is 0.681. The predicted molar refractivity (Wildman–Crippen MR) is 106 cm³/mol. The van der Waals surface area contributed by atoms with Crippen LogP contribution < -0.4 is 4.74 Å². The van der Waals surface area contributed by atoms with E-state index in [4.69, 9.17) is 9.72 Å². The number of para-hydroxylation sites is 1. The molecule has 0 spiro atoms. The van der Waals surface area contributed by atoms with Crippen LogP contribution >= 0.6 is 0 Å². The number of rotatable bonds is 4. The maximum Gasteiger partial charge on any atom is 0.145 e. The number of hydrogen-bond donors (Lipinski definition) is 1. The van der Waals surface area contributed by atoms with Gasteiger partial charge >= 0.3 is 0 Å². The van der Waals surface area contributed by atoms with Crippen LogP contribution in [-0.2, 0) is 12.1 Å². The van der Waals surface area contributed by atoms with Crippen LogP contribution in [0.15, 0.2) is 48.7 Å². The van der Waals surface area contributed by atoms with Crippen LogP contribution in [0.2, 0.25) is 0 Å². The lowest BCUT2D eigenvalue weighted by atomic mass is 9.87. The van der Waals surface area contributed by atoms with Gasteiger partial charge in [0.25, 0.3) is 0 Å². The highest BCUT2D eigenvalue weighted by atomic mass is 16.5. The number of aliphatic hydroxyl groups is 1. The number of pyridine rings is 2. The Morgan fingerprint density at radius 2 is 1.93 bits per heavy atom. The summed E-state index contributed by atoms with van der Waals surface area (Å²) >= 11 is 0. The topological polar surface area (TPSA) is 58.5 Å². The Labute approximate surface area is 159 Å². The molecule has 140 valence electrons. The molecule has 0 saturated carbocycles. The van der Waals surface area contributed by atoms with E-state index in [0.717, 1.165) is 53.2 Å². The van der Waals surface area contributed by atoms with Crippen molar-refractivity contribution in [2.75, 3.05) is 20.2 Å². The van der Waals surface area contributed by atoms with Crippen LogP contribution in [0.1, 0.15) is 29.8 Å². The van der Waals surface area contributed by atoms with Gasteiger partial charge in [0.1, 0.15) is 16.9 Å². The molecule has 3 aromatic rings. The number of likely N-dealkylation sites (tertiary alicyclic amines) is 1. The highest BCUT2D eigenvalue weighted by Crippen LogP contribution is 2.32. The standard InChI is InChI=1S/C22H25N3O2/c1-16-6-9-20(23-14-16)22(26)10-12-25(13-11-22)15-18-8-7-17-4-3-5-19(27-2)21(17)24-18/h3-9,14,26H,10-13,15H2,1-2H3. The maximum atomic E-state index is 11.0. The first-order chi connectivity index (χ1) is 13.1. The van der Waals surface area contributed by atoms with E-state index < -0.39 is 5.60 Å². The van der Waals surface area contributed by atoms with Crippen molar-refractivity contribution in [3.05, 3.63) is 65.6 Å². The molecule has 0 bridgehead atoms. The van der Waals surface area contributed by atoms with Gasteiger partial charge in [-0.1, -0.05) is 24.3 Å². The first-order valence-corrected chi connectivity index (χ1v) is 9.38. The van der Waals surface area contributed by atoms with Crippen molar-refractivity contribution in [1.82, 2.24) is 14.9 Å². The third kappa shape index (κ3) is 3.66. The lowest BCUT2D eigenvalue weighted by molar-refractivity contribution is -0.0313. The molecule has 1 saturated heterocycles. The van der Waals surface area contributed by atoms with Gasteiger partial charge < -0.3 is 9.84 Å². The van der Waals surface area contributed by atoms with Crippen molar-refractivity contribution in [3.63, 3.8) is 0 Å². The van der Waals surface area contributed by atoms with Crippen molar-refractivity contribution >= 4 is 10.9 Å². The zero-order valence-corrected chi connectivity index (χ0v) is 15.9. The molecule has 0 radical (unpaired) electrons. The third-order valence-electron chi connectivity index (χ3n) is 5.42. The molecule has 4 rings (SSSR count). The molecule has 3 heterocycles. The fourth-order valence-electron chi connectivity index (χ4n) is 3.72. The SMILES string of the molecule is COc1cccc2ccc(CN3CCC(O)(c4ccc(C)cn4)CC3)nc12. The first kappa shape index (κ1) is 17.9. The molecule has 0 amide bonds. The molecule has 1 aliphatic heterocycles. The summed E-state index contributed by atoms with van der Waals surface area (Å²) in [6.07, 6.45) is 3.19. The van der Waals surface area contributed by atoms with Crippen LogP contribution in [0, 0.1) is 6.92 Å². The molecule has 0 unspecified atom stereocenters. The van der Waals surface area contributed by atoms with Gasteiger partial charge in [0.2, 0.25) is 0 Å². The van der Waals surface area contributed by atoms with Gasteiger partial charge in [-0.25, -0.2) is 4.98 Å². The summed E-state index contributed by atoms with van der Waals surface area (Å²) in [6.45, 7) is 4.41. The van der Waals surface area contributed by atoms with Crippen molar-refractivity contribution in [2.24, 2.45) is 0 Å². The van der Waals surface area contributed by atoms with Crippen LogP contribution in [0.3, 0.4) is 0 Å². The number of fused-ring (bicyclic) bond motifs is 1. The van der Waals surface area contributed by atoms with Gasteiger partial charge in [0, 0.05) is 31.2 Å². The van der Waals surface area contributed by atoms with Crippen molar-refractivity contribution in [1.29, 1.82) is 0 Å². The molecule has 5 heteroatoms. The van der Waals surface area contributed by atoms with Gasteiger partial charge in [0.05, 0.1) is 18.5 Å². The second kappa shape index (κ2) is 7.25. The quantitative estimate of drug-likeness (QED) is 0.770. The van der Waals surface area contributed by atoms with Crippen molar-refractivity contribution in [3.8, 4) is 5.75 Å². The Hall–Kier alpha value is -2.50. The largest absolute Gasteiger partial charge is 0.494 e. The number of piperidine rings is 1. The minimum Gasteiger partial charge on any atom is -0.494 e. The predicted octanol–water partition coefficient (Wildman–Crippen LogP) is 3.43. The zero-order valence-electron chi connectivity index (χ0n) is 15.9. The van der Waals surface area contributed by atoms with Gasteiger partial charge in [-0.05, 0) is 43.5 Å². The summed E-state index contributed by atoms with van der Waals surface area (Å²) in [7, 11) is 1.67. The molecule has 1 aliphatic rings. The number of nitrogens with zero attached hydrogens (tertiary/aromatic N) is 3. The number of methoxy groups -OCH3 is 1. The molecule has 5 nitrogen and oxygen atoms in total. The molecule has 1 N–H and O–H groups in total. The van der Waals surface area contributed by atoms with Crippen molar-refractivity contribution < 1.29 is 9.84 Å². The maximum absolute atomic E-state index is 11.0. The Bertz CT molecular complexity index is 932. The summed E-state index contributed by atoms with van der Waals surface area (Å²) < 4.78 is 5.44. The summed E-state index contributed by atoms with van der Waals surface area (Å²) in [5.41, 5.74) is 2.98. The van der Waals surface area contributed by atoms with Crippen LogP contribution in [-0.4, -0.2) is 40.2 Å². The summed E-state index contributed by atoms with van der Waals surface area (Å²) in [6, 6.07) is 14.1. The van der Waals surface area contributed by atoms with E-state index in [9.17, 15) is 5.11 Å². The van der Waals surface area contributed by atoms with Crippen LogP contribution in [0.5, 0.6) is 5.75 Å². The van der Waals surface area contributed by atoms with Gasteiger partial charge in [-0.15, -0.1) is 0 Å². The zero-order chi connectivity index (χ0) is 18.9. The number of hydrogen-bond acceptors (Lipinski definition) is 5. The average molecular weight is 363 g/mol. The third-order valence-corrected chi connectivity index (χ3v) is 5.42. The fourth-order valence-corrected chi connectivity index (χ4v) is 3.72. The van der Waals surface area contributed by atoms with Gasteiger partial charge in [-0.2, -0.15) is 0 Å². The Morgan fingerprint density at radius 1 is 1.11 bits per heavy atom. The monoisotopic (exact) mass is 363 g/mol. The number of aryl methyl sites for hydroxylation is 1. The van der Waals surface area contributed by atoms with Crippen LogP contribution in [0.4, 0.5) is 0 Å². The van der Waals surface area contributed by atoms with E-state index >= 15 is 0 Å². The highest BCUT2D eigenvalue weighted by molar-refractivity contribution is 5.84. The molecular weight excluding hydrogens is 338 g/mol. The van der Waals surface area contributed by atoms with E-state index in [0.29, 0.717) is 12.8 Å². The average Bonchev–Trinajstić information content (AvgIpc) is 2.70. The minimum atomic E-state index is -0.829. The lowest BCUT2D eigenvalue weighted by Crippen LogP contribution is -2.42. The Kier molecular flexibility index (Phi) is 4.81. The summed E-state index contributed by atoms with van der Waals surface area (Å²) in [4.78, 5) is 11.6. The second-order valence-corrected chi connectivity index (χ2v) is 7.36. The number of ether oxygens (including phenoxy) is 1. The smallest absolute Gasteiger partial charge is 0.145 e. The number of aromatic nitrogens is 2. The van der Waals surface area contributed by atoms with E-state index in [1.165, 1.54) is 0 Å². The van der Waals surface area contributed by atoms with Crippen LogP contribution in [0.25, 0.3) is 10.9 Å². The Morgan fingerprint density at radius 3 is 2.63 bits per heavy atom. The van der Waals surface area contributed by atoms with Gasteiger partial charge in [0.15, 0.2) is 0 Å². The Balaban J connectivity index is 1.46. The second-order valence-electron chi connectivity index (χ2n) is 7.36. The molecule has 1 fully saturated rings. The molecular formula is C22H25N3O2. The first-order valence-electron chi connectivity index (χ1n) is 9.38. The van der Waals surface area contributed by atoms with E-state index in [1.54, 1.807) is 7.11 Å². The molecule has 0 atom stereocenters. The fraction of sp³-hybridized carbons (Fsp3) is 0.364. The molecule has 2 aromatic heterocycles. The van der Waals surface area contributed by atoms with Crippen molar-refractivity contribution in [2.45, 2.75) is 31.9 Å².